The Morgan fingerprint density at radius 3 is 2.71 bits per heavy atom. The van der Waals surface area contributed by atoms with E-state index in [1.165, 1.54) is 0 Å². The summed E-state index contributed by atoms with van der Waals surface area (Å²) in [4.78, 5) is 8.36. The monoisotopic (exact) mass is 193 g/mol. The number of rotatable bonds is 0. The molecule has 0 saturated carbocycles. The van der Waals surface area contributed by atoms with E-state index in [0.717, 1.165) is 22.4 Å². The molecule has 0 spiro atoms. The van der Waals surface area contributed by atoms with Gasteiger partial charge in [0, 0.05) is 11.1 Å². The van der Waals surface area contributed by atoms with Gasteiger partial charge in [-0.15, -0.1) is 0 Å². The predicted molar refractivity (Wildman–Crippen MR) is 54.1 cm³/mol. The summed E-state index contributed by atoms with van der Waals surface area (Å²) in [5, 5.41) is 7.96. The fourth-order valence-corrected chi connectivity index (χ4v) is 1.19. The van der Waals surface area contributed by atoms with Gasteiger partial charge in [0.25, 0.3) is 6.47 Å². The van der Waals surface area contributed by atoms with Crippen molar-refractivity contribution in [2.45, 2.75) is 6.92 Å². The van der Waals surface area contributed by atoms with E-state index in [9.17, 15) is 0 Å². The standard InChI is InChI=1S/C9H9NO.CH2O2/c1-6-4-7-5-8(10)2-3-9(7)11-6;2-1-3/h2-5H,10H2,1H3;1H,(H,2,3). The number of nitrogen functional groups attached to an aromatic ring is 1. The summed E-state index contributed by atoms with van der Waals surface area (Å²) in [6.45, 7) is 1.68. The Morgan fingerprint density at radius 2 is 2.07 bits per heavy atom. The number of aryl methyl sites for hydroxylation is 1. The van der Waals surface area contributed by atoms with Crippen LogP contribution >= 0.6 is 0 Å². The molecule has 2 aromatic rings. The van der Waals surface area contributed by atoms with Crippen LogP contribution in [0.1, 0.15) is 5.76 Å². The second kappa shape index (κ2) is 4.32. The summed E-state index contributed by atoms with van der Waals surface area (Å²) in [6.07, 6.45) is 0. The lowest BCUT2D eigenvalue weighted by atomic mass is 10.2. The van der Waals surface area contributed by atoms with E-state index in [-0.39, 0.29) is 6.47 Å². The Bertz CT molecular complexity index is 434. The molecule has 0 fully saturated rings. The number of nitrogens with two attached hydrogens (primary N) is 1. The van der Waals surface area contributed by atoms with Crippen molar-refractivity contribution in [2.75, 3.05) is 5.73 Å². The van der Waals surface area contributed by atoms with Gasteiger partial charge in [-0.25, -0.2) is 0 Å². The molecule has 0 saturated heterocycles. The minimum atomic E-state index is -0.250. The molecule has 2 rings (SSSR count). The van der Waals surface area contributed by atoms with Crippen LogP contribution in [0.2, 0.25) is 0 Å². The van der Waals surface area contributed by atoms with E-state index in [0.29, 0.717) is 0 Å². The maximum atomic E-state index is 8.36. The van der Waals surface area contributed by atoms with E-state index in [4.69, 9.17) is 20.1 Å². The number of anilines is 1. The summed E-state index contributed by atoms with van der Waals surface area (Å²) >= 11 is 0. The second-order valence-corrected chi connectivity index (χ2v) is 2.76. The molecular formula is C10H11NO3. The van der Waals surface area contributed by atoms with E-state index in [1.54, 1.807) is 0 Å². The first-order valence-corrected chi connectivity index (χ1v) is 4.01. The molecule has 4 nitrogen and oxygen atoms in total. The Labute approximate surface area is 80.9 Å². The average Bonchev–Trinajstić information content (AvgIpc) is 2.45. The van der Waals surface area contributed by atoms with Crippen molar-refractivity contribution in [1.82, 2.24) is 0 Å². The molecule has 0 aliphatic heterocycles. The van der Waals surface area contributed by atoms with Crippen molar-refractivity contribution in [3.63, 3.8) is 0 Å². The van der Waals surface area contributed by atoms with Crippen LogP contribution in [-0.2, 0) is 4.79 Å². The summed E-state index contributed by atoms with van der Waals surface area (Å²) < 4.78 is 5.37. The molecule has 0 unspecified atom stereocenters. The summed E-state index contributed by atoms with van der Waals surface area (Å²) in [6, 6.07) is 7.61. The van der Waals surface area contributed by atoms with Crippen LogP contribution in [0.5, 0.6) is 0 Å². The van der Waals surface area contributed by atoms with E-state index >= 15 is 0 Å². The van der Waals surface area contributed by atoms with Gasteiger partial charge in [0.05, 0.1) is 0 Å². The highest BCUT2D eigenvalue weighted by molar-refractivity contribution is 5.81. The van der Waals surface area contributed by atoms with Gasteiger partial charge < -0.3 is 15.3 Å². The quantitative estimate of drug-likeness (QED) is 0.495. The van der Waals surface area contributed by atoms with Crippen molar-refractivity contribution < 1.29 is 14.3 Å². The highest BCUT2D eigenvalue weighted by Gasteiger charge is 1.98. The van der Waals surface area contributed by atoms with Gasteiger partial charge in [-0.1, -0.05) is 0 Å². The van der Waals surface area contributed by atoms with Crippen molar-refractivity contribution in [2.24, 2.45) is 0 Å². The molecule has 0 aliphatic carbocycles. The second-order valence-electron chi connectivity index (χ2n) is 2.76. The summed E-state index contributed by atoms with van der Waals surface area (Å²) in [7, 11) is 0. The van der Waals surface area contributed by atoms with Crippen molar-refractivity contribution in [3.8, 4) is 0 Å². The molecular weight excluding hydrogens is 182 g/mol. The minimum absolute atomic E-state index is 0.250. The highest BCUT2D eigenvalue weighted by atomic mass is 16.3. The number of furan rings is 1. The Balaban J connectivity index is 0.000000293. The number of benzene rings is 1. The van der Waals surface area contributed by atoms with Crippen LogP contribution in [-0.4, -0.2) is 11.6 Å². The fraction of sp³-hybridized carbons (Fsp3) is 0.100. The van der Waals surface area contributed by atoms with Gasteiger partial charge in [-0.2, -0.15) is 0 Å². The van der Waals surface area contributed by atoms with Gasteiger partial charge >= 0.3 is 0 Å². The fourth-order valence-electron chi connectivity index (χ4n) is 1.19. The van der Waals surface area contributed by atoms with E-state index in [2.05, 4.69) is 0 Å². The molecule has 74 valence electrons. The minimum Gasteiger partial charge on any atom is -0.483 e. The zero-order chi connectivity index (χ0) is 10.6. The third-order valence-electron chi connectivity index (χ3n) is 1.66. The first kappa shape index (κ1) is 10.1. The third kappa shape index (κ3) is 2.26. The molecule has 0 amide bonds. The Hall–Kier alpha value is -1.97. The molecule has 1 heterocycles. The Morgan fingerprint density at radius 1 is 1.43 bits per heavy atom. The largest absolute Gasteiger partial charge is 0.483 e. The topological polar surface area (TPSA) is 76.5 Å². The molecule has 0 radical (unpaired) electrons. The maximum Gasteiger partial charge on any atom is 0.290 e. The molecule has 0 bridgehead atoms. The van der Waals surface area contributed by atoms with Gasteiger partial charge in [-0.3, -0.25) is 4.79 Å². The summed E-state index contributed by atoms with van der Waals surface area (Å²) in [5.74, 6) is 0.922. The van der Waals surface area contributed by atoms with E-state index < -0.39 is 0 Å². The first-order valence-electron chi connectivity index (χ1n) is 4.01. The number of fused-ring (bicyclic) bond motifs is 1. The van der Waals surface area contributed by atoms with Crippen LogP contribution in [0.15, 0.2) is 28.7 Å². The molecule has 3 N–H and O–H groups in total. The highest BCUT2D eigenvalue weighted by Crippen LogP contribution is 2.20. The van der Waals surface area contributed by atoms with Crippen LogP contribution in [0.25, 0.3) is 11.0 Å². The van der Waals surface area contributed by atoms with Crippen molar-refractivity contribution in [1.29, 1.82) is 0 Å². The van der Waals surface area contributed by atoms with Crippen LogP contribution in [0.3, 0.4) is 0 Å². The van der Waals surface area contributed by atoms with Gasteiger partial charge in [0.15, 0.2) is 0 Å². The molecule has 14 heavy (non-hydrogen) atoms. The van der Waals surface area contributed by atoms with E-state index in [1.807, 2.05) is 31.2 Å². The van der Waals surface area contributed by atoms with Crippen LogP contribution in [0.4, 0.5) is 5.69 Å². The normalized spacial score (nSPS) is 9.21. The predicted octanol–water partition coefficient (Wildman–Crippen LogP) is 2.02. The molecule has 1 aromatic heterocycles. The molecule has 0 atom stereocenters. The van der Waals surface area contributed by atoms with Crippen molar-refractivity contribution >= 4 is 23.1 Å². The maximum absolute atomic E-state index is 8.36. The smallest absolute Gasteiger partial charge is 0.290 e. The SMILES string of the molecule is Cc1cc2cc(N)ccc2o1.O=CO. The zero-order valence-corrected chi connectivity index (χ0v) is 7.73. The zero-order valence-electron chi connectivity index (χ0n) is 7.73. The molecule has 0 aliphatic rings. The average molecular weight is 193 g/mol. The third-order valence-corrected chi connectivity index (χ3v) is 1.66. The molecule has 1 aromatic carbocycles. The van der Waals surface area contributed by atoms with Crippen LogP contribution < -0.4 is 5.73 Å². The van der Waals surface area contributed by atoms with Gasteiger partial charge in [0.1, 0.15) is 11.3 Å². The van der Waals surface area contributed by atoms with Gasteiger partial charge in [-0.05, 0) is 31.2 Å². The lowest BCUT2D eigenvalue weighted by molar-refractivity contribution is -0.122. The Kier molecular flexibility index (Phi) is 3.12. The number of hydrogen-bond donors (Lipinski definition) is 2. The van der Waals surface area contributed by atoms with Crippen LogP contribution in [0, 0.1) is 6.92 Å². The first-order chi connectivity index (χ1) is 6.67. The number of carboxylic acid groups (broad SMARTS) is 1. The van der Waals surface area contributed by atoms with Gasteiger partial charge in [0.2, 0.25) is 0 Å². The lowest BCUT2D eigenvalue weighted by Gasteiger charge is -1.89. The molecule has 4 heteroatoms. The van der Waals surface area contributed by atoms with Crippen molar-refractivity contribution in [3.05, 3.63) is 30.0 Å². The number of hydrogen-bond acceptors (Lipinski definition) is 3. The number of carbonyl (C=O) groups is 1. The summed E-state index contributed by atoms with van der Waals surface area (Å²) in [5.41, 5.74) is 7.27. The lowest BCUT2D eigenvalue weighted by Crippen LogP contribution is -1.80.